The van der Waals surface area contributed by atoms with Crippen molar-refractivity contribution in [2.75, 3.05) is 0 Å². The summed E-state index contributed by atoms with van der Waals surface area (Å²) in [5.41, 5.74) is 5.76. The van der Waals surface area contributed by atoms with Crippen LogP contribution in [0.2, 0.25) is 0 Å². The molecule has 0 atom stereocenters. The third-order valence-corrected chi connectivity index (χ3v) is 2.70. The highest BCUT2D eigenvalue weighted by Gasteiger charge is 2.25. The van der Waals surface area contributed by atoms with Crippen molar-refractivity contribution in [1.29, 1.82) is 0 Å². The quantitative estimate of drug-likeness (QED) is 0.646. The topological polar surface area (TPSA) is 0 Å². The lowest BCUT2D eigenvalue weighted by atomic mass is 9.99. The molecule has 2 rings (SSSR count). The Morgan fingerprint density at radius 1 is 1.29 bits per heavy atom. The zero-order valence-corrected chi connectivity index (χ0v) is 9.30. The molecule has 1 aliphatic rings. The molecular weight excluding hydrogens is 168 g/mol. The minimum atomic E-state index is 0.848. The highest BCUT2D eigenvalue weighted by molar-refractivity contribution is 5.58. The molecule has 1 saturated carbocycles. The van der Waals surface area contributed by atoms with Gasteiger partial charge in [0.2, 0.25) is 0 Å². The average Bonchev–Trinajstić information content (AvgIpc) is 2.90. The molecule has 0 radical (unpaired) electrons. The third kappa shape index (κ3) is 2.06. The lowest BCUT2D eigenvalue weighted by Gasteiger charge is -2.06. The fraction of sp³-hybridized carbons (Fsp3) is 0.429. The Bertz CT molecular complexity index is 364. The van der Waals surface area contributed by atoms with Crippen molar-refractivity contribution < 1.29 is 0 Å². The van der Waals surface area contributed by atoms with Gasteiger partial charge in [0, 0.05) is 0 Å². The van der Waals surface area contributed by atoms with Crippen molar-refractivity contribution >= 4 is 6.08 Å². The summed E-state index contributed by atoms with van der Waals surface area (Å²) in [6, 6.07) is 6.82. The van der Waals surface area contributed by atoms with E-state index < -0.39 is 0 Å². The zero-order valence-electron chi connectivity index (χ0n) is 9.30. The van der Waals surface area contributed by atoms with Gasteiger partial charge in [0.25, 0.3) is 0 Å². The molecule has 1 aliphatic carbocycles. The molecule has 14 heavy (non-hydrogen) atoms. The zero-order chi connectivity index (χ0) is 10.1. The van der Waals surface area contributed by atoms with E-state index in [0.717, 1.165) is 5.92 Å². The van der Waals surface area contributed by atoms with Gasteiger partial charge in [-0.3, -0.25) is 0 Å². The van der Waals surface area contributed by atoms with Crippen LogP contribution < -0.4 is 0 Å². The van der Waals surface area contributed by atoms with Gasteiger partial charge in [-0.05, 0) is 50.7 Å². The van der Waals surface area contributed by atoms with E-state index in [-0.39, 0.29) is 0 Å². The maximum absolute atomic E-state index is 2.35. The molecule has 0 unspecified atom stereocenters. The summed E-state index contributed by atoms with van der Waals surface area (Å²) < 4.78 is 0. The monoisotopic (exact) mass is 186 g/mol. The summed E-state index contributed by atoms with van der Waals surface area (Å²) >= 11 is 0. The second-order valence-corrected chi connectivity index (χ2v) is 4.63. The lowest BCUT2D eigenvalue weighted by Crippen LogP contribution is -1.87. The summed E-state index contributed by atoms with van der Waals surface area (Å²) in [5.74, 6) is 0.848. The van der Waals surface area contributed by atoms with Crippen LogP contribution >= 0.6 is 0 Å². The average molecular weight is 186 g/mol. The molecule has 1 aromatic carbocycles. The predicted octanol–water partition coefficient (Wildman–Crippen LogP) is 4.30. The second kappa shape index (κ2) is 3.61. The minimum Gasteiger partial charge on any atom is -0.0758 e. The van der Waals surface area contributed by atoms with Crippen LogP contribution in [0.4, 0.5) is 0 Å². The molecule has 0 saturated heterocycles. The summed E-state index contributed by atoms with van der Waals surface area (Å²) in [7, 11) is 0. The van der Waals surface area contributed by atoms with Crippen molar-refractivity contribution in [3.8, 4) is 0 Å². The molecule has 0 nitrogen and oxygen atoms in total. The molecule has 0 N–H and O–H groups in total. The fourth-order valence-electron chi connectivity index (χ4n) is 1.88. The van der Waals surface area contributed by atoms with Crippen molar-refractivity contribution in [3.63, 3.8) is 0 Å². The maximum Gasteiger partial charge on any atom is -0.0155 e. The number of hydrogen-bond donors (Lipinski definition) is 0. The van der Waals surface area contributed by atoms with Crippen molar-refractivity contribution in [1.82, 2.24) is 0 Å². The van der Waals surface area contributed by atoms with Gasteiger partial charge < -0.3 is 0 Å². The van der Waals surface area contributed by atoms with Gasteiger partial charge in [0.05, 0.1) is 0 Å². The highest BCUT2D eigenvalue weighted by Crippen LogP contribution is 2.42. The summed E-state index contributed by atoms with van der Waals surface area (Å²) in [6.45, 7) is 6.51. The maximum atomic E-state index is 2.35. The second-order valence-electron chi connectivity index (χ2n) is 4.63. The first kappa shape index (κ1) is 9.51. The number of rotatable bonds is 2. The van der Waals surface area contributed by atoms with Crippen LogP contribution in [-0.4, -0.2) is 0 Å². The van der Waals surface area contributed by atoms with E-state index in [2.05, 4.69) is 45.0 Å². The van der Waals surface area contributed by atoms with Gasteiger partial charge in [-0.25, -0.2) is 0 Å². The Labute approximate surface area is 86.7 Å². The van der Waals surface area contributed by atoms with Crippen LogP contribution in [0.25, 0.3) is 6.08 Å². The molecule has 0 aliphatic heterocycles. The van der Waals surface area contributed by atoms with E-state index in [1.54, 1.807) is 5.56 Å². The van der Waals surface area contributed by atoms with Crippen LogP contribution in [0.3, 0.4) is 0 Å². The summed E-state index contributed by atoms with van der Waals surface area (Å²) in [4.78, 5) is 0. The van der Waals surface area contributed by atoms with Crippen LogP contribution in [0.5, 0.6) is 0 Å². The molecule has 0 heterocycles. The lowest BCUT2D eigenvalue weighted by molar-refractivity contribution is 1.11. The predicted molar refractivity (Wildman–Crippen MR) is 62.5 cm³/mol. The van der Waals surface area contributed by atoms with Crippen LogP contribution in [0.15, 0.2) is 23.8 Å². The fourth-order valence-corrected chi connectivity index (χ4v) is 1.88. The van der Waals surface area contributed by atoms with E-state index in [0.29, 0.717) is 0 Å². The van der Waals surface area contributed by atoms with Gasteiger partial charge in [0.15, 0.2) is 0 Å². The molecule has 0 amide bonds. The van der Waals surface area contributed by atoms with Gasteiger partial charge in [-0.15, -0.1) is 0 Å². The summed E-state index contributed by atoms with van der Waals surface area (Å²) in [5, 5.41) is 0. The first-order chi connectivity index (χ1) is 6.66. The largest absolute Gasteiger partial charge is 0.0758 e. The van der Waals surface area contributed by atoms with Gasteiger partial charge >= 0.3 is 0 Å². The molecule has 0 bridgehead atoms. The van der Waals surface area contributed by atoms with Gasteiger partial charge in [-0.2, -0.15) is 0 Å². The third-order valence-electron chi connectivity index (χ3n) is 2.70. The molecule has 74 valence electrons. The Morgan fingerprint density at radius 2 is 2.00 bits per heavy atom. The Morgan fingerprint density at radius 3 is 2.57 bits per heavy atom. The number of aryl methyl sites for hydroxylation is 1. The Balaban J connectivity index is 2.42. The van der Waals surface area contributed by atoms with Gasteiger partial charge in [-0.1, -0.05) is 35.4 Å². The SMILES string of the molecule is CC(C)=Cc1ccc(C)cc1C1CC1. The van der Waals surface area contributed by atoms with Crippen LogP contribution in [0, 0.1) is 6.92 Å². The van der Waals surface area contributed by atoms with Gasteiger partial charge in [0.1, 0.15) is 0 Å². The van der Waals surface area contributed by atoms with Crippen molar-refractivity contribution in [3.05, 3.63) is 40.5 Å². The molecule has 0 spiro atoms. The van der Waals surface area contributed by atoms with Crippen LogP contribution in [-0.2, 0) is 0 Å². The van der Waals surface area contributed by atoms with E-state index >= 15 is 0 Å². The van der Waals surface area contributed by atoms with E-state index in [9.17, 15) is 0 Å². The van der Waals surface area contributed by atoms with Crippen molar-refractivity contribution in [2.24, 2.45) is 0 Å². The number of benzene rings is 1. The smallest absolute Gasteiger partial charge is 0.0155 e. The summed E-state index contributed by atoms with van der Waals surface area (Å²) in [6.07, 6.45) is 5.06. The normalized spacial score (nSPS) is 15.4. The minimum absolute atomic E-state index is 0.848. The van der Waals surface area contributed by atoms with E-state index in [1.807, 2.05) is 0 Å². The first-order valence-corrected chi connectivity index (χ1v) is 5.42. The molecule has 1 fully saturated rings. The Kier molecular flexibility index (Phi) is 2.45. The first-order valence-electron chi connectivity index (χ1n) is 5.42. The molecule has 0 heteroatoms. The number of allylic oxidation sites excluding steroid dienone is 1. The standard InChI is InChI=1S/C14H18/c1-10(2)8-13-5-4-11(3)9-14(13)12-6-7-12/h4-5,8-9,12H,6-7H2,1-3H3. The van der Waals surface area contributed by atoms with E-state index in [1.165, 1.54) is 29.5 Å². The molecule has 0 aromatic heterocycles. The van der Waals surface area contributed by atoms with E-state index in [4.69, 9.17) is 0 Å². The van der Waals surface area contributed by atoms with Crippen molar-refractivity contribution in [2.45, 2.75) is 39.5 Å². The number of hydrogen-bond acceptors (Lipinski definition) is 0. The Hall–Kier alpha value is -1.04. The molecule has 1 aromatic rings. The van der Waals surface area contributed by atoms with Crippen LogP contribution in [0.1, 0.15) is 49.3 Å². The molecular formula is C14H18. The highest BCUT2D eigenvalue weighted by atomic mass is 14.3.